The van der Waals surface area contributed by atoms with Crippen LogP contribution < -0.4 is 9.88 Å². The number of hydrogen-bond acceptors (Lipinski definition) is 7. The van der Waals surface area contributed by atoms with Gasteiger partial charge in [0.2, 0.25) is 11.6 Å². The monoisotopic (exact) mass is 294 g/mol. The van der Waals surface area contributed by atoms with Gasteiger partial charge >= 0.3 is 5.97 Å². The molecule has 0 unspecified atom stereocenters. The van der Waals surface area contributed by atoms with Crippen molar-refractivity contribution in [1.29, 1.82) is 0 Å². The first kappa shape index (κ1) is 12.2. The number of carbonyl (C=O) groups is 3. The second-order valence-electron chi connectivity index (χ2n) is 3.88. The van der Waals surface area contributed by atoms with E-state index in [9.17, 15) is 14.4 Å². The highest BCUT2D eigenvalue weighted by Crippen LogP contribution is 2.23. The van der Waals surface area contributed by atoms with Crippen molar-refractivity contribution >= 4 is 57.8 Å². The van der Waals surface area contributed by atoms with Gasteiger partial charge in [-0.3, -0.25) is 14.6 Å². The molecule has 2 heterocycles. The summed E-state index contributed by atoms with van der Waals surface area (Å²) in [5.74, 6) is -1.74. The number of aliphatic imine (C=N–C) groups is 1. The van der Waals surface area contributed by atoms with Crippen molar-refractivity contribution in [2.24, 2.45) is 4.99 Å². The maximum absolute atomic E-state index is 11.3. The molecule has 0 saturated carbocycles. The molecule has 1 atom stereocenters. The van der Waals surface area contributed by atoms with E-state index in [0.29, 0.717) is 25.7 Å². The number of aliphatic carboxylic acids is 1. The number of rotatable bonds is 2. The number of ketones is 2. The minimum absolute atomic E-state index is 0.375. The molecule has 0 saturated heterocycles. The summed E-state index contributed by atoms with van der Waals surface area (Å²) in [7, 11) is 0. The van der Waals surface area contributed by atoms with Gasteiger partial charge in [0.1, 0.15) is 10.1 Å². The summed E-state index contributed by atoms with van der Waals surface area (Å²) >= 11 is 2.55. The SMILES string of the molecule is O=C1C=c2nc(C3=N[C@@H](C(=O)O)CS3)sc2=CC1=O. The van der Waals surface area contributed by atoms with Gasteiger partial charge in [0.05, 0.1) is 9.88 Å². The Morgan fingerprint density at radius 3 is 2.74 bits per heavy atom. The molecule has 1 N–H and O–H groups in total. The molecule has 6 nitrogen and oxygen atoms in total. The number of hydrogen-bond donors (Lipinski definition) is 1. The van der Waals surface area contributed by atoms with E-state index in [0.717, 1.165) is 0 Å². The zero-order valence-corrected chi connectivity index (χ0v) is 11.0. The topological polar surface area (TPSA) is 96.7 Å². The van der Waals surface area contributed by atoms with Gasteiger partial charge in [-0.2, -0.15) is 0 Å². The fourth-order valence-electron chi connectivity index (χ4n) is 1.64. The number of thiazole rings is 1. The standard InChI is InChI=1S/C11H6N2O4S2/c14-6-1-4-8(2-7(6)15)19-10(12-4)9-13-5(3-18-9)11(16)17/h1-2,5H,3H2,(H,16,17)/t5-/m1/s1. The lowest BCUT2D eigenvalue weighted by molar-refractivity contribution is -0.137. The number of aromatic nitrogens is 1. The molecule has 19 heavy (non-hydrogen) atoms. The van der Waals surface area contributed by atoms with Crippen LogP contribution in [0.4, 0.5) is 0 Å². The van der Waals surface area contributed by atoms with Crippen molar-refractivity contribution in [3.63, 3.8) is 0 Å². The highest BCUT2D eigenvalue weighted by atomic mass is 32.2. The number of Topliss-reactive ketones (excluding diaryl/α,β-unsaturated/α-hetero) is 2. The average molecular weight is 294 g/mol. The van der Waals surface area contributed by atoms with Crippen molar-refractivity contribution in [3.05, 3.63) is 14.9 Å². The van der Waals surface area contributed by atoms with Gasteiger partial charge in [-0.15, -0.1) is 23.1 Å². The third-order valence-corrected chi connectivity index (χ3v) is 4.78. The molecule has 0 fully saturated rings. The van der Waals surface area contributed by atoms with Gasteiger partial charge in [-0.05, 0) is 0 Å². The average Bonchev–Trinajstić information content (AvgIpc) is 2.95. The third kappa shape index (κ3) is 2.13. The third-order valence-electron chi connectivity index (χ3n) is 2.57. The van der Waals surface area contributed by atoms with Gasteiger partial charge in [-0.25, -0.2) is 9.78 Å². The smallest absolute Gasteiger partial charge is 0.329 e. The normalized spacial score (nSPS) is 21.5. The molecule has 0 spiro atoms. The van der Waals surface area contributed by atoms with Crippen LogP contribution in [0, 0.1) is 0 Å². The predicted molar refractivity (Wildman–Crippen MR) is 70.7 cm³/mol. The van der Waals surface area contributed by atoms with Crippen LogP contribution in [0.3, 0.4) is 0 Å². The summed E-state index contributed by atoms with van der Waals surface area (Å²) in [4.78, 5) is 41.6. The highest BCUT2D eigenvalue weighted by molar-refractivity contribution is 8.15. The number of carbonyl (C=O) groups excluding carboxylic acids is 2. The summed E-state index contributed by atoms with van der Waals surface area (Å²) in [6, 6.07) is -0.753. The number of carboxylic acid groups (broad SMARTS) is 1. The number of fused-ring (bicyclic) bond motifs is 1. The van der Waals surface area contributed by atoms with Crippen molar-refractivity contribution < 1.29 is 19.5 Å². The lowest BCUT2D eigenvalue weighted by atomic mass is 10.2. The van der Waals surface area contributed by atoms with Crippen LogP contribution in [0.2, 0.25) is 0 Å². The van der Waals surface area contributed by atoms with E-state index in [4.69, 9.17) is 5.11 Å². The Kier molecular flexibility index (Phi) is 2.83. The molecule has 3 rings (SSSR count). The van der Waals surface area contributed by atoms with Crippen molar-refractivity contribution in [1.82, 2.24) is 4.98 Å². The van der Waals surface area contributed by atoms with Crippen LogP contribution in [0.1, 0.15) is 5.01 Å². The van der Waals surface area contributed by atoms with Gasteiger partial charge in [0, 0.05) is 17.9 Å². The van der Waals surface area contributed by atoms with Crippen LogP contribution in [0.25, 0.3) is 12.2 Å². The molecule has 1 aromatic heterocycles. The maximum Gasteiger partial charge on any atom is 0.329 e. The van der Waals surface area contributed by atoms with E-state index in [1.165, 1.54) is 35.3 Å². The molecule has 96 valence electrons. The fourth-order valence-corrected chi connectivity index (χ4v) is 3.72. The highest BCUT2D eigenvalue weighted by Gasteiger charge is 2.27. The zero-order chi connectivity index (χ0) is 13.6. The second kappa shape index (κ2) is 4.39. The Hall–Kier alpha value is -1.80. The van der Waals surface area contributed by atoms with Crippen LogP contribution in [-0.4, -0.2) is 44.5 Å². The fraction of sp³-hybridized carbons (Fsp3) is 0.182. The molecule has 0 amide bonds. The number of carboxylic acids is 1. The second-order valence-corrected chi connectivity index (χ2v) is 5.92. The quantitative estimate of drug-likeness (QED) is 0.688. The molecule has 0 aromatic carbocycles. The summed E-state index contributed by atoms with van der Waals surface area (Å²) in [5.41, 5.74) is 0. The Bertz CT molecular complexity index is 719. The largest absolute Gasteiger partial charge is 0.480 e. The maximum atomic E-state index is 11.3. The molecule has 1 aliphatic carbocycles. The molecule has 1 aromatic rings. The van der Waals surface area contributed by atoms with Crippen LogP contribution in [0.15, 0.2) is 4.99 Å². The van der Waals surface area contributed by atoms with Crippen LogP contribution in [-0.2, 0) is 14.4 Å². The van der Waals surface area contributed by atoms with Crippen LogP contribution in [0.5, 0.6) is 0 Å². The van der Waals surface area contributed by atoms with Crippen LogP contribution >= 0.6 is 23.1 Å². The lowest BCUT2D eigenvalue weighted by Gasteiger charge is -1.93. The van der Waals surface area contributed by atoms with Gasteiger partial charge in [0.15, 0.2) is 6.04 Å². The molecular formula is C11H6N2O4S2. The van der Waals surface area contributed by atoms with Gasteiger partial charge < -0.3 is 5.11 Å². The molecule has 0 bridgehead atoms. The zero-order valence-electron chi connectivity index (χ0n) is 9.32. The van der Waals surface area contributed by atoms with Crippen molar-refractivity contribution in [2.75, 3.05) is 5.75 Å². The van der Waals surface area contributed by atoms with E-state index < -0.39 is 23.6 Å². The summed E-state index contributed by atoms with van der Waals surface area (Å²) in [5, 5.41) is 10.4. The van der Waals surface area contributed by atoms with Crippen molar-refractivity contribution in [2.45, 2.75) is 6.04 Å². The Balaban J connectivity index is 2.05. The Morgan fingerprint density at radius 2 is 2.05 bits per heavy atom. The van der Waals surface area contributed by atoms with E-state index in [-0.39, 0.29) is 0 Å². The van der Waals surface area contributed by atoms with Crippen molar-refractivity contribution in [3.8, 4) is 0 Å². The predicted octanol–water partition coefficient (Wildman–Crippen LogP) is -1.20. The first-order valence-corrected chi connectivity index (χ1v) is 7.07. The summed E-state index contributed by atoms with van der Waals surface area (Å²) in [6.45, 7) is 0. The Morgan fingerprint density at radius 1 is 1.32 bits per heavy atom. The molecule has 2 aliphatic rings. The lowest BCUT2D eigenvalue weighted by Crippen LogP contribution is -2.31. The van der Waals surface area contributed by atoms with Gasteiger partial charge in [-0.1, -0.05) is 0 Å². The van der Waals surface area contributed by atoms with E-state index in [1.807, 2.05) is 0 Å². The number of thioether (sulfide) groups is 1. The molecular weight excluding hydrogens is 288 g/mol. The number of nitrogens with zero attached hydrogens (tertiary/aromatic N) is 2. The van der Waals surface area contributed by atoms with E-state index >= 15 is 0 Å². The minimum Gasteiger partial charge on any atom is -0.480 e. The first-order chi connectivity index (χ1) is 9.04. The molecule has 0 radical (unpaired) electrons. The molecule has 1 aliphatic heterocycles. The molecule has 8 heteroatoms. The first-order valence-electron chi connectivity index (χ1n) is 5.27. The van der Waals surface area contributed by atoms with Gasteiger partial charge in [0.25, 0.3) is 0 Å². The van der Waals surface area contributed by atoms with E-state index in [1.54, 1.807) is 0 Å². The summed E-state index contributed by atoms with van der Waals surface area (Å²) in [6.07, 6.45) is 2.46. The Labute approximate surface area is 114 Å². The summed E-state index contributed by atoms with van der Waals surface area (Å²) < 4.78 is 0.613. The van der Waals surface area contributed by atoms with E-state index in [2.05, 4.69) is 9.98 Å². The minimum atomic E-state index is -0.965.